The van der Waals surface area contributed by atoms with Crippen molar-refractivity contribution < 1.29 is 18.7 Å². The number of nitrogens with one attached hydrogen (secondary N) is 2. The molecule has 1 atom stereocenters. The molecule has 1 saturated heterocycles. The minimum atomic E-state index is -0.719. The zero-order valence-corrected chi connectivity index (χ0v) is 19.5. The van der Waals surface area contributed by atoms with Gasteiger partial charge >= 0.3 is 0 Å². The van der Waals surface area contributed by atoms with Gasteiger partial charge in [0.2, 0.25) is 5.91 Å². The zero-order valence-electron chi connectivity index (χ0n) is 19.5. The molecule has 182 valence electrons. The molecular formula is C28H25FN4O3. The number of hydrogen-bond donors (Lipinski definition) is 3. The van der Waals surface area contributed by atoms with Crippen molar-refractivity contribution >= 4 is 28.4 Å². The van der Waals surface area contributed by atoms with Crippen LogP contribution < -0.4 is 20.7 Å². The fourth-order valence-electron chi connectivity index (χ4n) is 4.67. The summed E-state index contributed by atoms with van der Waals surface area (Å²) in [6.07, 6.45) is 3.63. The SMILES string of the molecule is C=CC(=O)N[C@H]1CCN(c2c(F)cc(C(N)=O)c3[nH]cc(-c4ccc(Oc5ccccc5)cc4)c23)C1. The first-order valence-electron chi connectivity index (χ1n) is 11.6. The van der Waals surface area contributed by atoms with E-state index in [1.807, 2.05) is 59.5 Å². The van der Waals surface area contributed by atoms with Gasteiger partial charge in [-0.25, -0.2) is 4.39 Å². The smallest absolute Gasteiger partial charge is 0.250 e. The van der Waals surface area contributed by atoms with E-state index in [-0.39, 0.29) is 17.5 Å². The van der Waals surface area contributed by atoms with Gasteiger partial charge < -0.3 is 25.7 Å². The summed E-state index contributed by atoms with van der Waals surface area (Å²) < 4.78 is 21.4. The Morgan fingerprint density at radius 3 is 2.56 bits per heavy atom. The predicted octanol–water partition coefficient (Wildman–Crippen LogP) is 4.75. The van der Waals surface area contributed by atoms with Gasteiger partial charge in [-0.1, -0.05) is 36.9 Å². The maximum Gasteiger partial charge on any atom is 0.250 e. The molecule has 1 aromatic heterocycles. The number of ether oxygens (including phenoxy) is 1. The fourth-order valence-corrected chi connectivity index (χ4v) is 4.67. The molecule has 2 amide bonds. The maximum atomic E-state index is 15.5. The number of fused-ring (bicyclic) bond motifs is 1. The third-order valence-corrected chi connectivity index (χ3v) is 6.33. The van der Waals surface area contributed by atoms with E-state index in [2.05, 4.69) is 16.9 Å². The fraction of sp³-hybridized carbons (Fsp3) is 0.143. The van der Waals surface area contributed by atoms with Gasteiger partial charge in [-0.05, 0) is 48.4 Å². The molecule has 0 unspecified atom stereocenters. The number of aromatic amines is 1. The molecule has 0 aliphatic carbocycles. The number of H-pyrrole nitrogens is 1. The number of para-hydroxylation sites is 1. The van der Waals surface area contributed by atoms with Gasteiger partial charge in [0.05, 0.1) is 16.8 Å². The second-order valence-electron chi connectivity index (χ2n) is 8.65. The van der Waals surface area contributed by atoms with Crippen molar-refractivity contribution in [1.29, 1.82) is 0 Å². The Labute approximate surface area is 207 Å². The van der Waals surface area contributed by atoms with Crippen LogP contribution >= 0.6 is 0 Å². The first kappa shape index (κ1) is 23.2. The molecule has 3 aromatic carbocycles. The van der Waals surface area contributed by atoms with Crippen LogP contribution in [0, 0.1) is 5.82 Å². The van der Waals surface area contributed by atoms with E-state index in [1.54, 1.807) is 6.20 Å². The zero-order chi connectivity index (χ0) is 25.2. The topological polar surface area (TPSA) is 100 Å². The van der Waals surface area contributed by atoms with Crippen LogP contribution in [0.4, 0.5) is 10.1 Å². The van der Waals surface area contributed by atoms with Crippen molar-refractivity contribution in [1.82, 2.24) is 10.3 Å². The highest BCUT2D eigenvalue weighted by atomic mass is 19.1. The van der Waals surface area contributed by atoms with Crippen LogP contribution in [0.15, 0.2) is 79.5 Å². The summed E-state index contributed by atoms with van der Waals surface area (Å²) >= 11 is 0. The molecular weight excluding hydrogens is 459 g/mol. The van der Waals surface area contributed by atoms with Crippen LogP contribution in [0.1, 0.15) is 16.8 Å². The first-order valence-corrected chi connectivity index (χ1v) is 11.6. The first-order chi connectivity index (χ1) is 17.4. The van der Waals surface area contributed by atoms with Crippen molar-refractivity contribution in [2.24, 2.45) is 5.73 Å². The number of anilines is 1. The van der Waals surface area contributed by atoms with E-state index in [0.29, 0.717) is 41.9 Å². The molecule has 36 heavy (non-hydrogen) atoms. The summed E-state index contributed by atoms with van der Waals surface area (Å²) in [5.41, 5.74) is 8.04. The summed E-state index contributed by atoms with van der Waals surface area (Å²) in [6.45, 7) is 4.45. The number of nitrogens with zero attached hydrogens (tertiary/aromatic N) is 1. The largest absolute Gasteiger partial charge is 0.457 e. The van der Waals surface area contributed by atoms with Gasteiger partial charge in [-0.3, -0.25) is 9.59 Å². The number of rotatable bonds is 7. The number of benzene rings is 3. The summed E-state index contributed by atoms with van der Waals surface area (Å²) in [7, 11) is 0. The standard InChI is InChI=1S/C28H25FN4O3/c1-2-24(34)32-18-12-13-33(16-18)27-23(29)14-21(28(30)35)26-25(27)22(15-31-26)17-8-10-20(11-9-17)36-19-6-4-3-5-7-19/h2-11,14-15,18,31H,1,12-13,16H2,(H2,30,35)(H,32,34)/t18-/m0/s1. The number of carbonyl (C=O) groups excluding carboxylic acids is 2. The summed E-state index contributed by atoms with van der Waals surface area (Å²) in [5, 5.41) is 3.44. The van der Waals surface area contributed by atoms with E-state index in [1.165, 1.54) is 12.1 Å². The number of aromatic nitrogens is 1. The number of hydrogen-bond acceptors (Lipinski definition) is 4. The molecule has 5 rings (SSSR count). The van der Waals surface area contributed by atoms with Crippen LogP contribution in [0.5, 0.6) is 11.5 Å². The minimum Gasteiger partial charge on any atom is -0.457 e. The maximum absolute atomic E-state index is 15.5. The van der Waals surface area contributed by atoms with E-state index in [0.717, 1.165) is 16.9 Å². The highest BCUT2D eigenvalue weighted by Crippen LogP contribution is 2.41. The van der Waals surface area contributed by atoms with Crippen LogP contribution in [0.2, 0.25) is 0 Å². The number of nitrogens with two attached hydrogens (primary N) is 1. The highest BCUT2D eigenvalue weighted by Gasteiger charge is 2.29. The molecule has 0 radical (unpaired) electrons. The van der Waals surface area contributed by atoms with Gasteiger partial charge in [-0.2, -0.15) is 0 Å². The number of carbonyl (C=O) groups is 2. The van der Waals surface area contributed by atoms with Crippen LogP contribution in [-0.2, 0) is 4.79 Å². The average molecular weight is 485 g/mol. The highest BCUT2D eigenvalue weighted by molar-refractivity contribution is 6.13. The molecule has 7 nitrogen and oxygen atoms in total. The molecule has 8 heteroatoms. The van der Waals surface area contributed by atoms with Crippen LogP contribution in [0.3, 0.4) is 0 Å². The monoisotopic (exact) mass is 484 g/mol. The van der Waals surface area contributed by atoms with Crippen molar-refractivity contribution in [3.05, 3.63) is 90.9 Å². The molecule has 0 spiro atoms. The van der Waals surface area contributed by atoms with E-state index in [9.17, 15) is 9.59 Å². The Hall–Kier alpha value is -4.59. The average Bonchev–Trinajstić information content (AvgIpc) is 3.52. The van der Waals surface area contributed by atoms with Crippen molar-refractivity contribution in [2.45, 2.75) is 12.5 Å². The second kappa shape index (κ2) is 9.58. The van der Waals surface area contributed by atoms with Gasteiger partial charge in [0.1, 0.15) is 17.3 Å². The molecule has 0 saturated carbocycles. The quantitative estimate of drug-likeness (QED) is 0.330. The summed E-state index contributed by atoms with van der Waals surface area (Å²) in [6, 6.07) is 17.9. The second-order valence-corrected chi connectivity index (χ2v) is 8.65. The third-order valence-electron chi connectivity index (χ3n) is 6.33. The number of halogens is 1. The molecule has 2 heterocycles. The lowest BCUT2D eigenvalue weighted by atomic mass is 10.00. The molecule has 1 aliphatic heterocycles. The van der Waals surface area contributed by atoms with Crippen LogP contribution in [0.25, 0.3) is 22.0 Å². The van der Waals surface area contributed by atoms with E-state index in [4.69, 9.17) is 10.5 Å². The molecule has 4 N–H and O–H groups in total. The van der Waals surface area contributed by atoms with Gasteiger partial charge in [0, 0.05) is 36.3 Å². The Balaban J connectivity index is 1.54. The number of primary amides is 1. The van der Waals surface area contributed by atoms with Gasteiger partial charge in [0.25, 0.3) is 5.91 Å². The lowest BCUT2D eigenvalue weighted by molar-refractivity contribution is -0.117. The third kappa shape index (κ3) is 4.40. The van der Waals surface area contributed by atoms with E-state index >= 15 is 4.39 Å². The minimum absolute atomic E-state index is 0.0808. The number of amides is 2. The molecule has 1 fully saturated rings. The molecule has 4 aromatic rings. The van der Waals surface area contributed by atoms with Crippen molar-refractivity contribution in [3.63, 3.8) is 0 Å². The summed E-state index contributed by atoms with van der Waals surface area (Å²) in [5.74, 6) is -0.147. The van der Waals surface area contributed by atoms with Gasteiger partial charge in [-0.15, -0.1) is 0 Å². The Bertz CT molecular complexity index is 1450. The van der Waals surface area contributed by atoms with Crippen molar-refractivity contribution in [3.8, 4) is 22.6 Å². The molecule has 0 bridgehead atoms. The Kier molecular flexibility index (Phi) is 6.16. The Morgan fingerprint density at radius 1 is 1.14 bits per heavy atom. The normalized spacial score (nSPS) is 15.1. The Morgan fingerprint density at radius 2 is 1.86 bits per heavy atom. The predicted molar refractivity (Wildman–Crippen MR) is 138 cm³/mol. The van der Waals surface area contributed by atoms with Crippen LogP contribution in [-0.4, -0.2) is 35.9 Å². The van der Waals surface area contributed by atoms with Crippen molar-refractivity contribution in [2.75, 3.05) is 18.0 Å². The van der Waals surface area contributed by atoms with E-state index < -0.39 is 11.7 Å². The summed E-state index contributed by atoms with van der Waals surface area (Å²) in [4.78, 5) is 28.9. The lowest BCUT2D eigenvalue weighted by Crippen LogP contribution is -2.36. The molecule has 1 aliphatic rings. The lowest BCUT2D eigenvalue weighted by Gasteiger charge is -2.22. The van der Waals surface area contributed by atoms with Gasteiger partial charge in [0.15, 0.2) is 0 Å².